The molecule has 2 heterocycles. The van der Waals surface area contributed by atoms with Gasteiger partial charge in [-0.05, 0) is 42.0 Å². The van der Waals surface area contributed by atoms with Gasteiger partial charge in [0.25, 0.3) is 0 Å². The minimum Gasteiger partial charge on any atom is -0.505 e. The summed E-state index contributed by atoms with van der Waals surface area (Å²) in [7, 11) is 0. The lowest BCUT2D eigenvalue weighted by Gasteiger charge is -2.24. The van der Waals surface area contributed by atoms with Gasteiger partial charge in [0.1, 0.15) is 17.1 Å². The minimum absolute atomic E-state index is 0.0908. The first-order valence-corrected chi connectivity index (χ1v) is 9.81. The number of phenols is 1. The number of aromatic hydroxyl groups is 1. The molecule has 4 rings (SSSR count). The molecule has 4 nitrogen and oxygen atoms in total. The van der Waals surface area contributed by atoms with Gasteiger partial charge in [-0.1, -0.05) is 41.4 Å². The summed E-state index contributed by atoms with van der Waals surface area (Å²) in [5, 5.41) is 15.1. The molecule has 0 aliphatic rings. The molecule has 0 aliphatic carbocycles. The van der Waals surface area contributed by atoms with Crippen molar-refractivity contribution in [3.63, 3.8) is 0 Å². The van der Waals surface area contributed by atoms with E-state index in [-0.39, 0.29) is 21.9 Å². The number of fused-ring (bicyclic) bond motifs is 1. The number of aromatic nitrogens is 2. The topological polar surface area (TPSA) is 58.0 Å². The monoisotopic (exact) mass is 463 g/mol. The highest BCUT2D eigenvalue weighted by atomic mass is 35.5. The normalized spacial score (nSPS) is 12.7. The van der Waals surface area contributed by atoms with Crippen LogP contribution in [0.5, 0.6) is 5.75 Å². The maximum absolute atomic E-state index is 13.4. The molecule has 0 amide bonds. The number of alkyl halides is 3. The van der Waals surface area contributed by atoms with Crippen LogP contribution in [0.15, 0.2) is 67.0 Å². The van der Waals surface area contributed by atoms with Crippen LogP contribution < -0.4 is 5.32 Å². The van der Waals surface area contributed by atoms with Gasteiger partial charge in [0, 0.05) is 33.4 Å². The average molecular weight is 464 g/mol. The summed E-state index contributed by atoms with van der Waals surface area (Å²) in [6.07, 6.45) is -1.59. The highest BCUT2D eigenvalue weighted by Gasteiger charge is 2.32. The Balaban J connectivity index is 1.92. The highest BCUT2D eigenvalue weighted by Crippen LogP contribution is 2.41. The molecule has 0 saturated heterocycles. The van der Waals surface area contributed by atoms with Crippen molar-refractivity contribution >= 4 is 39.9 Å². The maximum Gasteiger partial charge on any atom is 0.416 e. The van der Waals surface area contributed by atoms with Crippen LogP contribution in [0.1, 0.15) is 22.7 Å². The van der Waals surface area contributed by atoms with Crippen LogP contribution in [0.2, 0.25) is 10.0 Å². The van der Waals surface area contributed by atoms with Crippen LogP contribution >= 0.6 is 23.2 Å². The van der Waals surface area contributed by atoms with Crippen molar-refractivity contribution in [1.29, 1.82) is 0 Å². The smallest absolute Gasteiger partial charge is 0.416 e. The van der Waals surface area contributed by atoms with E-state index in [2.05, 4.69) is 15.3 Å². The first-order chi connectivity index (χ1) is 14.7. The fourth-order valence-electron chi connectivity index (χ4n) is 3.27. The van der Waals surface area contributed by atoms with Crippen LogP contribution in [0.4, 0.5) is 19.0 Å². The molecule has 9 heteroatoms. The Bertz CT molecular complexity index is 1260. The van der Waals surface area contributed by atoms with E-state index in [0.717, 1.165) is 12.1 Å². The second-order valence-electron chi connectivity index (χ2n) is 6.75. The number of nitrogens with zero attached hydrogens (tertiary/aromatic N) is 2. The van der Waals surface area contributed by atoms with Gasteiger partial charge >= 0.3 is 6.18 Å². The Morgan fingerprint density at radius 3 is 2.45 bits per heavy atom. The van der Waals surface area contributed by atoms with Gasteiger partial charge in [-0.25, -0.2) is 4.98 Å². The fourth-order valence-corrected chi connectivity index (χ4v) is 3.66. The predicted octanol–water partition coefficient (Wildman–Crippen LogP) is 6.86. The second-order valence-corrected chi connectivity index (χ2v) is 7.59. The molecule has 158 valence electrons. The Kier molecular flexibility index (Phi) is 5.64. The van der Waals surface area contributed by atoms with Crippen LogP contribution in [0.3, 0.4) is 0 Å². The molecular formula is C22H14Cl2F3N3O. The number of anilines is 1. The van der Waals surface area contributed by atoms with Crippen molar-refractivity contribution in [2.45, 2.75) is 12.2 Å². The van der Waals surface area contributed by atoms with Gasteiger partial charge in [0.05, 0.1) is 11.6 Å². The Labute approximate surface area is 185 Å². The van der Waals surface area contributed by atoms with E-state index in [1.54, 1.807) is 30.3 Å². The minimum atomic E-state index is -4.56. The molecule has 2 aromatic heterocycles. The van der Waals surface area contributed by atoms with E-state index >= 15 is 0 Å². The summed E-state index contributed by atoms with van der Waals surface area (Å²) in [5.74, 6) is 0.123. The van der Waals surface area contributed by atoms with E-state index in [4.69, 9.17) is 23.2 Å². The van der Waals surface area contributed by atoms with Gasteiger partial charge in [0.15, 0.2) is 0 Å². The summed E-state index contributed by atoms with van der Waals surface area (Å²) >= 11 is 12.3. The van der Waals surface area contributed by atoms with Crippen LogP contribution in [0.25, 0.3) is 10.9 Å². The van der Waals surface area contributed by atoms with E-state index in [1.165, 1.54) is 24.5 Å². The van der Waals surface area contributed by atoms with Crippen molar-refractivity contribution < 1.29 is 18.3 Å². The SMILES string of the molecule is Oc1c(C(Nc2cc(Cl)ccn2)c2cc(C(F)(F)F)ccc2Cl)ccc2cccnc12. The van der Waals surface area contributed by atoms with E-state index in [0.29, 0.717) is 21.7 Å². The third-order valence-corrected chi connectivity index (χ3v) is 5.32. The van der Waals surface area contributed by atoms with Gasteiger partial charge in [0.2, 0.25) is 0 Å². The zero-order valence-electron chi connectivity index (χ0n) is 15.7. The molecule has 0 fully saturated rings. The Morgan fingerprint density at radius 1 is 0.903 bits per heavy atom. The second kappa shape index (κ2) is 8.24. The largest absolute Gasteiger partial charge is 0.505 e. The quantitative estimate of drug-likeness (QED) is 0.346. The number of nitrogens with one attached hydrogen (secondary N) is 1. The lowest BCUT2D eigenvalue weighted by molar-refractivity contribution is -0.137. The number of hydrogen-bond acceptors (Lipinski definition) is 4. The third-order valence-electron chi connectivity index (χ3n) is 4.74. The maximum atomic E-state index is 13.4. The van der Waals surface area contributed by atoms with Crippen molar-refractivity contribution in [2.24, 2.45) is 0 Å². The summed E-state index contributed by atoms with van der Waals surface area (Å²) in [5.41, 5.74) is -0.150. The van der Waals surface area contributed by atoms with E-state index in [1.807, 2.05) is 0 Å². The summed E-state index contributed by atoms with van der Waals surface area (Å²) in [4.78, 5) is 8.36. The molecule has 0 saturated carbocycles. The van der Waals surface area contributed by atoms with Crippen LogP contribution in [-0.4, -0.2) is 15.1 Å². The molecule has 0 spiro atoms. The van der Waals surface area contributed by atoms with Gasteiger partial charge in [-0.3, -0.25) is 4.98 Å². The fraction of sp³-hybridized carbons (Fsp3) is 0.0909. The lowest BCUT2D eigenvalue weighted by Crippen LogP contribution is -2.16. The number of halogens is 5. The number of hydrogen-bond donors (Lipinski definition) is 2. The first-order valence-electron chi connectivity index (χ1n) is 9.05. The summed E-state index contributed by atoms with van der Waals surface area (Å²) in [6, 6.07) is 12.0. The standard InChI is InChI=1S/C22H14Cl2F3N3O/c23-14-7-9-28-18(11-14)30-20(16-10-13(22(25,26)27)4-6-17(16)24)15-5-3-12-2-1-8-29-19(12)21(15)31/h1-11,20,31H,(H,28,30). The number of phenolic OH excluding ortho intramolecular Hbond substituents is 1. The summed E-state index contributed by atoms with van der Waals surface area (Å²) < 4.78 is 40.1. The van der Waals surface area contributed by atoms with Crippen molar-refractivity contribution in [3.8, 4) is 5.75 Å². The molecule has 0 radical (unpaired) electrons. The third kappa shape index (κ3) is 4.38. The summed E-state index contributed by atoms with van der Waals surface area (Å²) in [6.45, 7) is 0. The highest BCUT2D eigenvalue weighted by molar-refractivity contribution is 6.31. The Hall–Kier alpha value is -3.03. The zero-order chi connectivity index (χ0) is 22.2. The lowest BCUT2D eigenvalue weighted by atomic mass is 9.94. The molecule has 4 aromatic rings. The molecule has 1 unspecified atom stereocenters. The molecule has 2 N–H and O–H groups in total. The van der Waals surface area contributed by atoms with Gasteiger partial charge in [-0.15, -0.1) is 0 Å². The molecule has 0 bridgehead atoms. The van der Waals surface area contributed by atoms with Crippen molar-refractivity contribution in [3.05, 3.63) is 93.7 Å². The molecule has 1 atom stereocenters. The predicted molar refractivity (Wildman–Crippen MR) is 115 cm³/mol. The van der Waals surface area contributed by atoms with Crippen molar-refractivity contribution in [1.82, 2.24) is 9.97 Å². The van der Waals surface area contributed by atoms with E-state index < -0.39 is 17.8 Å². The molecule has 2 aromatic carbocycles. The van der Waals surface area contributed by atoms with Gasteiger partial charge < -0.3 is 10.4 Å². The van der Waals surface area contributed by atoms with Crippen LogP contribution in [-0.2, 0) is 6.18 Å². The average Bonchev–Trinajstić information content (AvgIpc) is 2.73. The van der Waals surface area contributed by atoms with Crippen LogP contribution in [0, 0.1) is 0 Å². The molecular weight excluding hydrogens is 450 g/mol. The zero-order valence-corrected chi connectivity index (χ0v) is 17.2. The van der Waals surface area contributed by atoms with Crippen molar-refractivity contribution in [2.75, 3.05) is 5.32 Å². The van der Waals surface area contributed by atoms with Gasteiger partial charge in [-0.2, -0.15) is 13.2 Å². The first kappa shape index (κ1) is 21.2. The number of benzene rings is 2. The Morgan fingerprint density at radius 2 is 1.71 bits per heavy atom. The number of pyridine rings is 2. The van der Waals surface area contributed by atoms with E-state index in [9.17, 15) is 18.3 Å². The number of rotatable bonds is 4. The molecule has 31 heavy (non-hydrogen) atoms. The molecule has 0 aliphatic heterocycles.